The van der Waals surface area contributed by atoms with Crippen LogP contribution in [0.15, 0.2) is 45.9 Å². The molecule has 1 fully saturated rings. The molecule has 0 saturated heterocycles. The number of halogens is 2. The van der Waals surface area contributed by atoms with Crippen LogP contribution in [0.5, 0.6) is 0 Å². The minimum absolute atomic E-state index is 0.368. The maximum atomic E-state index is 12.3. The summed E-state index contributed by atoms with van der Waals surface area (Å²) in [5, 5.41) is 7.59. The van der Waals surface area contributed by atoms with Gasteiger partial charge in [0.05, 0.1) is 6.21 Å². The summed E-state index contributed by atoms with van der Waals surface area (Å²) in [5.41, 5.74) is 5.18. The van der Waals surface area contributed by atoms with Crippen LogP contribution >= 0.6 is 24.0 Å². The van der Waals surface area contributed by atoms with E-state index in [0.717, 1.165) is 18.0 Å². The first kappa shape index (κ1) is 18.3. The SMILES string of the molecule is CC1(C)C2CC=C(C=NNC(=S)Nc3ccc(SC(F)F)cc3)C1C2. The van der Waals surface area contributed by atoms with Gasteiger partial charge in [-0.1, -0.05) is 31.7 Å². The number of thioether (sulfide) groups is 1. The number of alkyl halides is 2. The lowest BCUT2D eigenvalue weighted by molar-refractivity contribution is -0.00126. The van der Waals surface area contributed by atoms with E-state index in [1.165, 1.54) is 12.0 Å². The van der Waals surface area contributed by atoms with E-state index >= 15 is 0 Å². The number of allylic oxidation sites excluding steroid dienone is 2. The Bertz CT molecular complexity index is 699. The average Bonchev–Trinajstić information content (AvgIpc) is 2.56. The first-order valence-electron chi connectivity index (χ1n) is 8.21. The minimum atomic E-state index is -2.42. The number of anilines is 1. The first-order valence-corrected chi connectivity index (χ1v) is 9.50. The highest BCUT2D eigenvalue weighted by atomic mass is 32.2. The van der Waals surface area contributed by atoms with Gasteiger partial charge in [-0.25, -0.2) is 0 Å². The normalized spacial score (nSPS) is 24.0. The van der Waals surface area contributed by atoms with Crippen molar-refractivity contribution in [2.24, 2.45) is 22.4 Å². The van der Waals surface area contributed by atoms with Crippen LogP contribution < -0.4 is 10.7 Å². The Balaban J connectivity index is 1.49. The predicted octanol–water partition coefficient (Wildman–Crippen LogP) is 5.27. The van der Waals surface area contributed by atoms with Gasteiger partial charge in [0.1, 0.15) is 0 Å². The summed E-state index contributed by atoms with van der Waals surface area (Å²) < 4.78 is 24.6. The quantitative estimate of drug-likeness (QED) is 0.315. The molecule has 0 aromatic heterocycles. The molecule has 0 spiro atoms. The van der Waals surface area contributed by atoms with E-state index in [-0.39, 0.29) is 0 Å². The molecular weight excluding hydrogens is 360 g/mol. The van der Waals surface area contributed by atoms with Crippen LogP contribution in [-0.4, -0.2) is 17.1 Å². The average molecular weight is 382 g/mol. The summed E-state index contributed by atoms with van der Waals surface area (Å²) in [6, 6.07) is 6.69. The second-order valence-corrected chi connectivity index (χ2v) is 8.45. The Morgan fingerprint density at radius 1 is 1.36 bits per heavy atom. The molecule has 0 radical (unpaired) electrons. The van der Waals surface area contributed by atoms with E-state index in [9.17, 15) is 8.78 Å². The molecule has 1 aromatic rings. The van der Waals surface area contributed by atoms with Crippen molar-refractivity contribution in [3.8, 4) is 0 Å². The summed E-state index contributed by atoms with van der Waals surface area (Å²) in [7, 11) is 0. The molecule has 0 heterocycles. The van der Waals surface area contributed by atoms with Crippen LogP contribution in [0.1, 0.15) is 26.7 Å². The van der Waals surface area contributed by atoms with Crippen molar-refractivity contribution >= 4 is 41.0 Å². The number of thiocarbonyl (C=S) groups is 1. The van der Waals surface area contributed by atoms with Gasteiger partial charge in [0.2, 0.25) is 0 Å². The summed E-state index contributed by atoms with van der Waals surface area (Å²) >= 11 is 5.73. The fraction of sp³-hybridized carbons (Fsp3) is 0.444. The molecule has 2 atom stereocenters. The van der Waals surface area contributed by atoms with Crippen molar-refractivity contribution in [2.45, 2.75) is 37.3 Å². The zero-order valence-electron chi connectivity index (χ0n) is 14.1. The predicted molar refractivity (Wildman–Crippen MR) is 104 cm³/mol. The molecule has 2 unspecified atom stereocenters. The highest BCUT2D eigenvalue weighted by Gasteiger charge is 2.50. The highest BCUT2D eigenvalue weighted by Crippen LogP contribution is 2.58. The van der Waals surface area contributed by atoms with Crippen molar-refractivity contribution in [1.82, 2.24) is 5.43 Å². The molecule has 134 valence electrons. The largest absolute Gasteiger partial charge is 0.331 e. The summed E-state index contributed by atoms with van der Waals surface area (Å²) in [6.07, 6.45) is 6.50. The van der Waals surface area contributed by atoms with Gasteiger partial charge in [0.15, 0.2) is 5.11 Å². The van der Waals surface area contributed by atoms with Crippen LogP contribution in [0, 0.1) is 17.3 Å². The summed E-state index contributed by atoms with van der Waals surface area (Å²) in [4.78, 5) is 0.517. The van der Waals surface area contributed by atoms with Crippen molar-refractivity contribution in [3.05, 3.63) is 35.9 Å². The van der Waals surface area contributed by atoms with E-state index in [1.807, 2.05) is 6.21 Å². The Kier molecular flexibility index (Phi) is 5.43. The second-order valence-electron chi connectivity index (χ2n) is 6.97. The third-order valence-corrected chi connectivity index (χ3v) is 6.14. The second kappa shape index (κ2) is 7.41. The molecule has 7 heteroatoms. The Morgan fingerprint density at radius 3 is 2.68 bits per heavy atom. The van der Waals surface area contributed by atoms with Crippen LogP contribution in [0.4, 0.5) is 14.5 Å². The number of benzene rings is 1. The lowest BCUT2D eigenvalue weighted by Gasteiger charge is -2.55. The van der Waals surface area contributed by atoms with E-state index in [2.05, 4.69) is 35.8 Å². The van der Waals surface area contributed by atoms with Gasteiger partial charge >= 0.3 is 0 Å². The monoisotopic (exact) mass is 381 g/mol. The fourth-order valence-electron chi connectivity index (χ4n) is 3.59. The Labute approximate surface area is 156 Å². The highest BCUT2D eigenvalue weighted by molar-refractivity contribution is 7.99. The standard InChI is InChI=1S/C18H21F2N3S2/c1-18(2)12-4-3-11(15(18)9-12)10-21-23-17(24)22-13-5-7-14(8-6-13)25-16(19)20/h3,5-8,10,12,15-16H,4,9H2,1-2H3,(H2,22,23,24). The van der Waals surface area contributed by atoms with Crippen LogP contribution in [0.3, 0.4) is 0 Å². The van der Waals surface area contributed by atoms with Crippen LogP contribution in [0.25, 0.3) is 0 Å². The summed E-state index contributed by atoms with van der Waals surface area (Å²) in [5.74, 6) is -1.03. The van der Waals surface area contributed by atoms with E-state index in [1.54, 1.807) is 24.3 Å². The number of nitrogens with one attached hydrogen (secondary N) is 2. The molecule has 0 amide bonds. The first-order chi connectivity index (χ1) is 11.9. The van der Waals surface area contributed by atoms with Gasteiger partial charge in [0.25, 0.3) is 5.76 Å². The fourth-order valence-corrected chi connectivity index (χ4v) is 4.26. The van der Waals surface area contributed by atoms with Crippen LogP contribution in [0.2, 0.25) is 0 Å². The number of rotatable bonds is 5. The molecule has 1 saturated carbocycles. The van der Waals surface area contributed by atoms with Crippen molar-refractivity contribution < 1.29 is 8.78 Å². The molecule has 2 bridgehead atoms. The number of hydrogen-bond donors (Lipinski definition) is 2. The van der Waals surface area contributed by atoms with Gasteiger partial charge in [-0.2, -0.15) is 13.9 Å². The molecule has 25 heavy (non-hydrogen) atoms. The van der Waals surface area contributed by atoms with Gasteiger partial charge in [0, 0.05) is 10.6 Å². The van der Waals surface area contributed by atoms with Gasteiger partial charge in [-0.05, 0) is 72.1 Å². The number of hydrogen-bond acceptors (Lipinski definition) is 3. The van der Waals surface area contributed by atoms with Gasteiger partial charge in [-0.15, -0.1) is 0 Å². The molecule has 3 aliphatic rings. The third-order valence-electron chi connectivity index (χ3n) is 5.23. The Morgan fingerprint density at radius 2 is 2.08 bits per heavy atom. The van der Waals surface area contributed by atoms with Gasteiger partial charge in [-0.3, -0.25) is 5.43 Å². The zero-order chi connectivity index (χ0) is 18.0. The number of hydrazone groups is 1. The topological polar surface area (TPSA) is 36.4 Å². The number of fused-ring (bicyclic) bond motifs is 1. The Hall–Kier alpha value is -1.47. The molecule has 1 aromatic carbocycles. The third kappa shape index (κ3) is 4.20. The zero-order valence-corrected chi connectivity index (χ0v) is 15.8. The maximum absolute atomic E-state index is 12.3. The van der Waals surface area contributed by atoms with Crippen molar-refractivity contribution in [2.75, 3.05) is 5.32 Å². The molecule has 3 aliphatic carbocycles. The van der Waals surface area contributed by atoms with E-state index < -0.39 is 5.76 Å². The minimum Gasteiger partial charge on any atom is -0.331 e. The molecule has 4 rings (SSSR count). The maximum Gasteiger partial charge on any atom is 0.288 e. The van der Waals surface area contributed by atoms with E-state index in [4.69, 9.17) is 12.2 Å². The molecule has 2 N–H and O–H groups in total. The lowest BCUT2D eigenvalue weighted by Crippen LogP contribution is -2.48. The van der Waals surface area contributed by atoms with Crippen molar-refractivity contribution in [1.29, 1.82) is 0 Å². The van der Waals surface area contributed by atoms with Crippen molar-refractivity contribution in [3.63, 3.8) is 0 Å². The van der Waals surface area contributed by atoms with Gasteiger partial charge < -0.3 is 5.32 Å². The van der Waals surface area contributed by atoms with E-state index in [0.29, 0.717) is 33.1 Å². The molecular formula is C18H21F2N3S2. The molecule has 0 aliphatic heterocycles. The van der Waals surface area contributed by atoms with Crippen LogP contribution in [-0.2, 0) is 0 Å². The lowest BCUT2D eigenvalue weighted by atomic mass is 9.49. The number of nitrogens with zero attached hydrogens (tertiary/aromatic N) is 1. The molecule has 3 nitrogen and oxygen atoms in total. The summed E-state index contributed by atoms with van der Waals surface area (Å²) in [6.45, 7) is 4.64. The smallest absolute Gasteiger partial charge is 0.288 e.